The van der Waals surface area contributed by atoms with Gasteiger partial charge in [-0.15, -0.1) is 17.9 Å². The van der Waals surface area contributed by atoms with Gasteiger partial charge in [0, 0.05) is 17.2 Å². The van der Waals surface area contributed by atoms with E-state index < -0.39 is 0 Å². The Morgan fingerprint density at radius 1 is 1.47 bits per heavy atom. The molecule has 0 aliphatic heterocycles. The molecule has 0 aliphatic carbocycles. The third kappa shape index (κ3) is 3.67. The normalized spacial score (nSPS) is 12.3. The molecule has 1 aromatic carbocycles. The lowest BCUT2D eigenvalue weighted by molar-refractivity contribution is -0.121. The first-order valence-electron chi connectivity index (χ1n) is 6.56. The van der Waals surface area contributed by atoms with Crippen molar-refractivity contribution in [1.29, 1.82) is 0 Å². The number of rotatable bonds is 6. The molecule has 1 heterocycles. The number of allylic oxidation sites excluding steroid dienone is 1. The van der Waals surface area contributed by atoms with Gasteiger partial charge in [-0.1, -0.05) is 24.3 Å². The fraction of sp³-hybridized carbons (Fsp3) is 0.312. The van der Waals surface area contributed by atoms with E-state index in [2.05, 4.69) is 48.5 Å². The number of carbonyl (C=O) groups excluding carboxylic acids is 1. The third-order valence-electron chi connectivity index (χ3n) is 3.07. The molecule has 0 radical (unpaired) electrons. The molecule has 100 valence electrons. The van der Waals surface area contributed by atoms with E-state index >= 15 is 0 Å². The molecule has 0 aliphatic rings. The number of carbonyl (C=O) groups is 1. The number of fused-ring (bicyclic) bond motifs is 1. The van der Waals surface area contributed by atoms with E-state index in [1.165, 1.54) is 15.6 Å². The van der Waals surface area contributed by atoms with Gasteiger partial charge in [-0.2, -0.15) is 0 Å². The molecule has 0 saturated heterocycles. The first-order valence-corrected chi connectivity index (χ1v) is 7.44. The van der Waals surface area contributed by atoms with Gasteiger partial charge in [-0.25, -0.2) is 0 Å². The van der Waals surface area contributed by atoms with E-state index in [-0.39, 0.29) is 11.9 Å². The molecule has 2 aromatic rings. The first kappa shape index (κ1) is 13.8. The van der Waals surface area contributed by atoms with E-state index in [1.807, 2.05) is 0 Å². The maximum atomic E-state index is 11.6. The first-order chi connectivity index (χ1) is 9.20. The van der Waals surface area contributed by atoms with E-state index in [4.69, 9.17) is 0 Å². The SMILES string of the molecule is C=CCCC(=O)NC(C)Cc1csc2ccccc12. The zero-order valence-corrected chi connectivity index (χ0v) is 12.0. The van der Waals surface area contributed by atoms with E-state index in [9.17, 15) is 4.79 Å². The van der Waals surface area contributed by atoms with Crippen molar-refractivity contribution in [3.05, 3.63) is 47.9 Å². The zero-order chi connectivity index (χ0) is 13.7. The van der Waals surface area contributed by atoms with Gasteiger partial charge in [0.15, 0.2) is 0 Å². The quantitative estimate of drug-likeness (QED) is 0.794. The van der Waals surface area contributed by atoms with Crippen molar-refractivity contribution in [1.82, 2.24) is 5.32 Å². The van der Waals surface area contributed by atoms with Crippen molar-refractivity contribution in [2.45, 2.75) is 32.2 Å². The lowest BCUT2D eigenvalue weighted by Crippen LogP contribution is -2.33. The smallest absolute Gasteiger partial charge is 0.220 e. The van der Waals surface area contributed by atoms with E-state index in [0.717, 1.165) is 12.8 Å². The van der Waals surface area contributed by atoms with Gasteiger partial charge >= 0.3 is 0 Å². The molecule has 19 heavy (non-hydrogen) atoms. The molecule has 1 atom stereocenters. The highest BCUT2D eigenvalue weighted by molar-refractivity contribution is 7.17. The second kappa shape index (κ2) is 6.53. The van der Waals surface area contributed by atoms with Crippen LogP contribution in [0.2, 0.25) is 0 Å². The molecule has 1 N–H and O–H groups in total. The molecule has 0 fully saturated rings. The van der Waals surface area contributed by atoms with Gasteiger partial charge < -0.3 is 5.32 Å². The summed E-state index contributed by atoms with van der Waals surface area (Å²) in [4.78, 5) is 11.6. The molecular weight excluding hydrogens is 254 g/mol. The predicted octanol–water partition coefficient (Wildman–Crippen LogP) is 3.91. The average molecular weight is 273 g/mol. The van der Waals surface area contributed by atoms with Crippen LogP contribution in [0.25, 0.3) is 10.1 Å². The minimum absolute atomic E-state index is 0.104. The second-order valence-corrected chi connectivity index (χ2v) is 5.67. The largest absolute Gasteiger partial charge is 0.353 e. The molecule has 3 heteroatoms. The highest BCUT2D eigenvalue weighted by Crippen LogP contribution is 2.26. The summed E-state index contributed by atoms with van der Waals surface area (Å²) in [6.07, 6.45) is 3.92. The fourth-order valence-electron chi connectivity index (χ4n) is 2.15. The highest BCUT2D eigenvalue weighted by Gasteiger charge is 2.10. The standard InChI is InChI=1S/C16H19NOS/c1-3-4-9-16(18)17-12(2)10-13-11-19-15-8-6-5-7-14(13)15/h3,5-8,11-12H,1,4,9-10H2,2H3,(H,17,18). The summed E-state index contributed by atoms with van der Waals surface area (Å²) < 4.78 is 1.31. The minimum Gasteiger partial charge on any atom is -0.353 e. The molecule has 2 nitrogen and oxygen atoms in total. The van der Waals surface area contributed by atoms with Gasteiger partial charge in [-0.3, -0.25) is 4.79 Å². The van der Waals surface area contributed by atoms with Crippen molar-refractivity contribution in [3.63, 3.8) is 0 Å². The molecule has 1 amide bonds. The molecule has 1 unspecified atom stereocenters. The van der Waals surface area contributed by atoms with Crippen molar-refractivity contribution in [3.8, 4) is 0 Å². The average Bonchev–Trinajstić information content (AvgIpc) is 2.80. The third-order valence-corrected chi connectivity index (χ3v) is 4.08. The summed E-state index contributed by atoms with van der Waals surface area (Å²) in [5.74, 6) is 0.104. The Kier molecular flexibility index (Phi) is 4.74. The Morgan fingerprint density at radius 3 is 3.05 bits per heavy atom. The van der Waals surface area contributed by atoms with Crippen LogP contribution in [0.3, 0.4) is 0 Å². The summed E-state index contributed by atoms with van der Waals surface area (Å²) >= 11 is 1.76. The van der Waals surface area contributed by atoms with Crippen LogP contribution in [0.4, 0.5) is 0 Å². The van der Waals surface area contributed by atoms with Gasteiger partial charge in [0.2, 0.25) is 5.91 Å². The maximum Gasteiger partial charge on any atom is 0.220 e. The van der Waals surface area contributed by atoms with Crippen LogP contribution < -0.4 is 5.32 Å². The second-order valence-electron chi connectivity index (χ2n) is 4.76. The van der Waals surface area contributed by atoms with Crippen LogP contribution >= 0.6 is 11.3 Å². The Bertz CT molecular complexity index is 573. The van der Waals surface area contributed by atoms with Crippen LogP contribution in [0.1, 0.15) is 25.3 Å². The fourth-order valence-corrected chi connectivity index (χ4v) is 3.13. The summed E-state index contributed by atoms with van der Waals surface area (Å²) in [7, 11) is 0. The molecule has 0 spiro atoms. The number of nitrogens with one attached hydrogen (secondary N) is 1. The van der Waals surface area contributed by atoms with Crippen molar-refractivity contribution in [2.75, 3.05) is 0 Å². The molecule has 0 saturated carbocycles. The van der Waals surface area contributed by atoms with Crippen LogP contribution in [0.5, 0.6) is 0 Å². The summed E-state index contributed by atoms with van der Waals surface area (Å²) in [5.41, 5.74) is 1.32. The van der Waals surface area contributed by atoms with Gasteiger partial charge in [-0.05, 0) is 42.2 Å². The van der Waals surface area contributed by atoms with Gasteiger partial charge in [0.05, 0.1) is 0 Å². The molecular formula is C16H19NOS. The Hall–Kier alpha value is -1.61. The minimum atomic E-state index is 0.104. The molecule has 2 rings (SSSR count). The lowest BCUT2D eigenvalue weighted by atomic mass is 10.1. The topological polar surface area (TPSA) is 29.1 Å². The van der Waals surface area contributed by atoms with Crippen LogP contribution in [0, 0.1) is 0 Å². The molecule has 1 aromatic heterocycles. The van der Waals surface area contributed by atoms with Crippen LogP contribution in [-0.2, 0) is 11.2 Å². The van der Waals surface area contributed by atoms with Crippen LogP contribution in [0.15, 0.2) is 42.3 Å². The maximum absolute atomic E-state index is 11.6. The number of hydrogen-bond donors (Lipinski definition) is 1. The summed E-state index contributed by atoms with van der Waals surface area (Å²) in [5, 5.41) is 6.53. The lowest BCUT2D eigenvalue weighted by Gasteiger charge is -2.13. The number of benzene rings is 1. The van der Waals surface area contributed by atoms with Crippen LogP contribution in [-0.4, -0.2) is 11.9 Å². The predicted molar refractivity (Wildman–Crippen MR) is 82.6 cm³/mol. The highest BCUT2D eigenvalue weighted by atomic mass is 32.1. The van der Waals surface area contributed by atoms with Crippen molar-refractivity contribution < 1.29 is 4.79 Å². The number of thiophene rings is 1. The Morgan fingerprint density at radius 2 is 2.26 bits per heavy atom. The van der Waals surface area contributed by atoms with E-state index in [0.29, 0.717) is 6.42 Å². The number of hydrogen-bond acceptors (Lipinski definition) is 2. The zero-order valence-electron chi connectivity index (χ0n) is 11.2. The van der Waals surface area contributed by atoms with Crippen molar-refractivity contribution >= 4 is 27.3 Å². The Balaban J connectivity index is 1.97. The summed E-state index contributed by atoms with van der Waals surface area (Å²) in [6, 6.07) is 8.56. The number of amides is 1. The summed E-state index contributed by atoms with van der Waals surface area (Å²) in [6.45, 7) is 5.68. The van der Waals surface area contributed by atoms with Gasteiger partial charge in [0.25, 0.3) is 0 Å². The monoisotopic (exact) mass is 273 g/mol. The molecule has 0 bridgehead atoms. The van der Waals surface area contributed by atoms with Crippen molar-refractivity contribution in [2.24, 2.45) is 0 Å². The van der Waals surface area contributed by atoms with E-state index in [1.54, 1.807) is 17.4 Å². The van der Waals surface area contributed by atoms with Gasteiger partial charge in [0.1, 0.15) is 0 Å². The Labute approximate surface area is 118 Å².